The molecule has 5 heteroatoms. The number of fused-ring (bicyclic) bond motifs is 1. The largest absolute Gasteiger partial charge is 0.351 e. The molecular weight excluding hydrogens is 269 g/mol. The maximum absolute atomic E-state index is 6.08. The molecule has 0 amide bonds. The van der Waals surface area contributed by atoms with Crippen LogP contribution in [-0.4, -0.2) is 15.0 Å². The summed E-state index contributed by atoms with van der Waals surface area (Å²) in [4.78, 5) is 11.7. The minimum absolute atomic E-state index is 0.442. The number of rotatable bonds is 1. The molecule has 0 saturated carbocycles. The zero-order valence-corrected chi connectivity index (χ0v) is 11.0. The number of aryl methyl sites for hydroxylation is 1. The van der Waals surface area contributed by atoms with Crippen molar-refractivity contribution in [2.24, 2.45) is 0 Å². The molecule has 3 aromatic rings. The first kappa shape index (κ1) is 11.5. The molecule has 0 radical (unpaired) electrons. The first-order chi connectivity index (χ1) is 8.63. The Balaban J connectivity index is 2.19. The van der Waals surface area contributed by atoms with E-state index in [9.17, 15) is 0 Å². The minimum atomic E-state index is 0.442. The number of aromatic amines is 1. The van der Waals surface area contributed by atoms with Gasteiger partial charge in [0, 0.05) is 10.7 Å². The summed E-state index contributed by atoms with van der Waals surface area (Å²) < 4.78 is 0. The third kappa shape index (κ3) is 1.96. The molecule has 0 spiro atoms. The van der Waals surface area contributed by atoms with Gasteiger partial charge in [-0.15, -0.1) is 0 Å². The third-order valence-electron chi connectivity index (χ3n) is 2.70. The third-order valence-corrected chi connectivity index (χ3v) is 3.23. The Labute approximate surface area is 114 Å². The van der Waals surface area contributed by atoms with Gasteiger partial charge >= 0.3 is 0 Å². The number of nitrogens with zero attached hydrogens (tertiary/aromatic N) is 2. The van der Waals surface area contributed by atoms with Gasteiger partial charge in [-0.3, -0.25) is 0 Å². The molecule has 90 valence electrons. The molecular formula is C13H9Cl2N3. The van der Waals surface area contributed by atoms with E-state index >= 15 is 0 Å². The molecule has 1 aromatic carbocycles. The van der Waals surface area contributed by atoms with Gasteiger partial charge in [0.2, 0.25) is 0 Å². The van der Waals surface area contributed by atoms with Gasteiger partial charge in [-0.05, 0) is 30.7 Å². The average molecular weight is 278 g/mol. The predicted octanol–water partition coefficient (Wildman–Crippen LogP) is 4.24. The topological polar surface area (TPSA) is 41.6 Å². The Morgan fingerprint density at radius 3 is 2.50 bits per heavy atom. The molecule has 0 atom stereocenters. The van der Waals surface area contributed by atoms with E-state index < -0.39 is 0 Å². The van der Waals surface area contributed by atoms with Gasteiger partial charge in [0.25, 0.3) is 0 Å². The zero-order valence-electron chi connectivity index (χ0n) is 9.54. The molecule has 3 nitrogen and oxygen atoms in total. The second-order valence-electron chi connectivity index (χ2n) is 4.01. The highest BCUT2D eigenvalue weighted by atomic mass is 35.5. The molecule has 2 heterocycles. The highest BCUT2D eigenvalue weighted by Gasteiger charge is 2.09. The van der Waals surface area contributed by atoms with Gasteiger partial charge in [0.15, 0.2) is 5.15 Å². The molecule has 0 aliphatic heterocycles. The summed E-state index contributed by atoms with van der Waals surface area (Å²) in [5.74, 6) is 0.661. The fraction of sp³-hybridized carbons (Fsp3) is 0.0769. The van der Waals surface area contributed by atoms with Crippen LogP contribution in [0.25, 0.3) is 22.3 Å². The van der Waals surface area contributed by atoms with Crippen molar-refractivity contribution in [2.45, 2.75) is 6.92 Å². The molecule has 0 aliphatic rings. The average Bonchev–Trinajstić information content (AvgIpc) is 2.74. The van der Waals surface area contributed by atoms with Crippen LogP contribution < -0.4 is 0 Å². The maximum atomic E-state index is 6.08. The van der Waals surface area contributed by atoms with Crippen molar-refractivity contribution >= 4 is 34.2 Å². The van der Waals surface area contributed by atoms with Gasteiger partial charge in [-0.25, -0.2) is 9.97 Å². The Morgan fingerprint density at radius 2 is 1.78 bits per heavy atom. The van der Waals surface area contributed by atoms with Crippen LogP contribution in [-0.2, 0) is 0 Å². The minimum Gasteiger partial charge on any atom is -0.351 e. The van der Waals surface area contributed by atoms with Gasteiger partial charge in [0.05, 0.1) is 5.52 Å². The summed E-state index contributed by atoms with van der Waals surface area (Å²) in [5, 5.41) is 1.15. The number of H-pyrrole nitrogens is 1. The van der Waals surface area contributed by atoms with Crippen LogP contribution in [0.2, 0.25) is 10.2 Å². The van der Waals surface area contributed by atoms with Crippen LogP contribution in [0.15, 0.2) is 30.3 Å². The number of hydrogen-bond acceptors (Lipinski definition) is 2. The molecule has 0 unspecified atom stereocenters. The number of halogens is 2. The summed E-state index contributed by atoms with van der Waals surface area (Å²) >= 11 is 12.0. The first-order valence-corrected chi connectivity index (χ1v) is 6.18. The maximum Gasteiger partial charge on any atom is 0.156 e. The van der Waals surface area contributed by atoms with Crippen LogP contribution in [0.4, 0.5) is 0 Å². The van der Waals surface area contributed by atoms with Crippen molar-refractivity contribution in [1.82, 2.24) is 15.0 Å². The normalized spacial score (nSPS) is 11.1. The summed E-state index contributed by atoms with van der Waals surface area (Å²) in [5.41, 5.74) is 3.55. The lowest BCUT2D eigenvalue weighted by atomic mass is 10.2. The van der Waals surface area contributed by atoms with E-state index in [-0.39, 0.29) is 0 Å². The Hall–Kier alpha value is -1.58. The summed E-state index contributed by atoms with van der Waals surface area (Å²) in [6, 6.07) is 9.55. The fourth-order valence-corrected chi connectivity index (χ4v) is 2.26. The fourth-order valence-electron chi connectivity index (χ4n) is 1.87. The van der Waals surface area contributed by atoms with Gasteiger partial charge in [-0.2, -0.15) is 0 Å². The van der Waals surface area contributed by atoms with Gasteiger partial charge in [-0.1, -0.05) is 35.3 Å². The molecule has 0 aliphatic carbocycles. The Kier molecular flexibility index (Phi) is 2.73. The highest BCUT2D eigenvalue weighted by molar-refractivity contribution is 6.33. The Bertz CT molecular complexity index is 717. The summed E-state index contributed by atoms with van der Waals surface area (Å²) in [6.45, 7) is 1.82. The van der Waals surface area contributed by atoms with E-state index in [0.29, 0.717) is 16.0 Å². The van der Waals surface area contributed by atoms with Crippen LogP contribution in [0.5, 0.6) is 0 Å². The van der Waals surface area contributed by atoms with Crippen LogP contribution in [0.3, 0.4) is 0 Å². The molecule has 0 saturated heterocycles. The predicted molar refractivity (Wildman–Crippen MR) is 74.1 cm³/mol. The SMILES string of the molecule is Cc1nc(Cl)c2[nH]c(-c3ccc(Cl)cc3)cc2n1. The van der Waals surface area contributed by atoms with E-state index in [1.165, 1.54) is 0 Å². The van der Waals surface area contributed by atoms with E-state index in [0.717, 1.165) is 22.3 Å². The first-order valence-electron chi connectivity index (χ1n) is 5.42. The van der Waals surface area contributed by atoms with E-state index in [4.69, 9.17) is 23.2 Å². The molecule has 3 rings (SSSR count). The van der Waals surface area contributed by atoms with Crippen LogP contribution >= 0.6 is 23.2 Å². The smallest absolute Gasteiger partial charge is 0.156 e. The van der Waals surface area contributed by atoms with Gasteiger partial charge < -0.3 is 4.98 Å². The quantitative estimate of drug-likeness (QED) is 0.676. The molecule has 0 fully saturated rings. The monoisotopic (exact) mass is 277 g/mol. The number of hydrogen-bond donors (Lipinski definition) is 1. The number of benzene rings is 1. The lowest BCUT2D eigenvalue weighted by molar-refractivity contribution is 1.09. The molecule has 1 N–H and O–H groups in total. The molecule has 2 aromatic heterocycles. The van der Waals surface area contributed by atoms with Crippen molar-refractivity contribution in [3.05, 3.63) is 46.3 Å². The van der Waals surface area contributed by atoms with Gasteiger partial charge in [0.1, 0.15) is 11.3 Å². The standard InChI is InChI=1S/C13H9Cl2N3/c1-7-16-11-6-10(18-12(11)13(15)17-7)8-2-4-9(14)5-3-8/h2-6,18H,1H3. The van der Waals surface area contributed by atoms with Crippen LogP contribution in [0, 0.1) is 6.92 Å². The second-order valence-corrected chi connectivity index (χ2v) is 4.81. The van der Waals surface area contributed by atoms with Crippen molar-refractivity contribution in [2.75, 3.05) is 0 Å². The summed E-state index contributed by atoms with van der Waals surface area (Å²) in [7, 11) is 0. The van der Waals surface area contributed by atoms with Crippen molar-refractivity contribution in [3.8, 4) is 11.3 Å². The summed E-state index contributed by atoms with van der Waals surface area (Å²) in [6.07, 6.45) is 0. The van der Waals surface area contributed by atoms with E-state index in [2.05, 4.69) is 15.0 Å². The van der Waals surface area contributed by atoms with Crippen LogP contribution in [0.1, 0.15) is 5.82 Å². The second kappa shape index (κ2) is 4.26. The Morgan fingerprint density at radius 1 is 1.06 bits per heavy atom. The van der Waals surface area contributed by atoms with Crippen molar-refractivity contribution in [1.29, 1.82) is 0 Å². The molecule has 0 bridgehead atoms. The lowest BCUT2D eigenvalue weighted by Gasteiger charge is -1.97. The molecule has 18 heavy (non-hydrogen) atoms. The number of nitrogens with one attached hydrogen (secondary N) is 1. The van der Waals surface area contributed by atoms with E-state index in [1.54, 1.807) is 0 Å². The van der Waals surface area contributed by atoms with Crippen molar-refractivity contribution in [3.63, 3.8) is 0 Å². The van der Waals surface area contributed by atoms with Crippen molar-refractivity contribution < 1.29 is 0 Å². The highest BCUT2D eigenvalue weighted by Crippen LogP contribution is 2.27. The lowest BCUT2D eigenvalue weighted by Crippen LogP contribution is -1.87. The number of aromatic nitrogens is 3. The van der Waals surface area contributed by atoms with E-state index in [1.807, 2.05) is 37.3 Å². The zero-order chi connectivity index (χ0) is 12.7.